The molecule has 0 bridgehead atoms. The van der Waals surface area contributed by atoms with E-state index in [2.05, 4.69) is 11.9 Å². The largest absolute Gasteiger partial charge is 0.490 e. The summed E-state index contributed by atoms with van der Waals surface area (Å²) in [7, 11) is 2.08. The summed E-state index contributed by atoms with van der Waals surface area (Å²) >= 11 is 0. The monoisotopic (exact) mass is 292 g/mol. The van der Waals surface area contributed by atoms with Crippen molar-refractivity contribution in [2.75, 3.05) is 26.7 Å². The summed E-state index contributed by atoms with van der Waals surface area (Å²) in [5, 5.41) is 0. The SMILES string of the molecule is CN1CC(CN)CC1c1ccc(OCC2CCC2)c(F)c1. The van der Waals surface area contributed by atoms with Crippen LogP contribution in [-0.4, -0.2) is 31.6 Å². The van der Waals surface area contributed by atoms with Crippen LogP contribution in [0, 0.1) is 17.7 Å². The third kappa shape index (κ3) is 3.22. The van der Waals surface area contributed by atoms with Gasteiger partial charge in [-0.15, -0.1) is 0 Å². The Labute approximate surface area is 126 Å². The van der Waals surface area contributed by atoms with Crippen LogP contribution in [0.2, 0.25) is 0 Å². The molecule has 1 aromatic carbocycles. The van der Waals surface area contributed by atoms with Gasteiger partial charge in [0.2, 0.25) is 0 Å². The molecular weight excluding hydrogens is 267 g/mol. The van der Waals surface area contributed by atoms with E-state index in [-0.39, 0.29) is 11.9 Å². The van der Waals surface area contributed by atoms with Crippen molar-refractivity contribution in [2.45, 2.75) is 31.7 Å². The normalized spacial score (nSPS) is 26.8. The molecule has 0 aromatic heterocycles. The maximum absolute atomic E-state index is 14.2. The average molecular weight is 292 g/mol. The molecular formula is C17H25FN2O. The summed E-state index contributed by atoms with van der Waals surface area (Å²) in [5.41, 5.74) is 6.79. The molecule has 0 radical (unpaired) electrons. The fourth-order valence-corrected chi connectivity index (χ4v) is 3.37. The Kier molecular flexibility index (Phi) is 4.45. The zero-order chi connectivity index (χ0) is 14.8. The number of nitrogens with zero attached hydrogens (tertiary/aromatic N) is 1. The van der Waals surface area contributed by atoms with Gasteiger partial charge in [-0.3, -0.25) is 4.90 Å². The average Bonchev–Trinajstić information content (AvgIpc) is 2.80. The third-order valence-corrected chi connectivity index (χ3v) is 5.01. The Morgan fingerprint density at radius 3 is 2.71 bits per heavy atom. The second-order valence-electron chi connectivity index (χ2n) is 6.59. The van der Waals surface area contributed by atoms with Crippen LogP contribution in [0.15, 0.2) is 18.2 Å². The summed E-state index contributed by atoms with van der Waals surface area (Å²) < 4.78 is 19.8. The van der Waals surface area contributed by atoms with Crippen molar-refractivity contribution in [1.29, 1.82) is 0 Å². The summed E-state index contributed by atoms with van der Waals surface area (Å²) in [6.07, 6.45) is 4.72. The first kappa shape index (κ1) is 14.8. The lowest BCUT2D eigenvalue weighted by atomic mass is 9.86. The van der Waals surface area contributed by atoms with Gasteiger partial charge in [-0.25, -0.2) is 4.39 Å². The summed E-state index contributed by atoms with van der Waals surface area (Å²) in [5.74, 6) is 1.28. The molecule has 116 valence electrons. The topological polar surface area (TPSA) is 38.5 Å². The molecule has 21 heavy (non-hydrogen) atoms. The van der Waals surface area contributed by atoms with Crippen LogP contribution in [0.25, 0.3) is 0 Å². The van der Waals surface area contributed by atoms with E-state index >= 15 is 0 Å². The number of hydrogen-bond acceptors (Lipinski definition) is 3. The molecule has 2 atom stereocenters. The van der Waals surface area contributed by atoms with Gasteiger partial charge in [-0.05, 0) is 62.4 Å². The predicted molar refractivity (Wildman–Crippen MR) is 81.8 cm³/mol. The number of likely N-dealkylation sites (tertiary alicyclic amines) is 1. The molecule has 3 nitrogen and oxygen atoms in total. The van der Waals surface area contributed by atoms with Crippen molar-refractivity contribution in [3.63, 3.8) is 0 Å². The molecule has 2 unspecified atom stereocenters. The van der Waals surface area contributed by atoms with Crippen LogP contribution in [-0.2, 0) is 0 Å². The van der Waals surface area contributed by atoms with E-state index in [9.17, 15) is 4.39 Å². The number of benzene rings is 1. The van der Waals surface area contributed by atoms with Gasteiger partial charge < -0.3 is 10.5 Å². The molecule has 1 aliphatic heterocycles. The van der Waals surface area contributed by atoms with Gasteiger partial charge in [0.15, 0.2) is 11.6 Å². The van der Waals surface area contributed by atoms with E-state index in [1.165, 1.54) is 19.3 Å². The van der Waals surface area contributed by atoms with E-state index in [1.807, 2.05) is 6.07 Å². The number of rotatable bonds is 5. The molecule has 1 aromatic rings. The number of ether oxygens (including phenoxy) is 1. The van der Waals surface area contributed by atoms with Gasteiger partial charge in [0.05, 0.1) is 6.61 Å². The first-order valence-electron chi connectivity index (χ1n) is 8.00. The van der Waals surface area contributed by atoms with Crippen molar-refractivity contribution in [2.24, 2.45) is 17.6 Å². The number of nitrogens with two attached hydrogens (primary N) is 1. The highest BCUT2D eigenvalue weighted by Gasteiger charge is 2.30. The van der Waals surface area contributed by atoms with Crippen LogP contribution in [0.1, 0.15) is 37.3 Å². The lowest BCUT2D eigenvalue weighted by molar-refractivity contribution is 0.175. The summed E-state index contributed by atoms with van der Waals surface area (Å²) in [6, 6.07) is 5.69. The van der Waals surface area contributed by atoms with Crippen LogP contribution in [0.5, 0.6) is 5.75 Å². The second kappa shape index (κ2) is 6.32. The van der Waals surface area contributed by atoms with Gasteiger partial charge in [-0.2, -0.15) is 0 Å². The Morgan fingerprint density at radius 1 is 1.33 bits per heavy atom. The molecule has 0 spiro atoms. The Bertz CT molecular complexity index is 490. The summed E-state index contributed by atoms with van der Waals surface area (Å²) in [4.78, 5) is 2.27. The van der Waals surface area contributed by atoms with Crippen LogP contribution in [0.3, 0.4) is 0 Å². The van der Waals surface area contributed by atoms with Gasteiger partial charge in [0, 0.05) is 12.6 Å². The van der Waals surface area contributed by atoms with Crippen molar-refractivity contribution in [1.82, 2.24) is 4.90 Å². The lowest BCUT2D eigenvalue weighted by Gasteiger charge is -2.25. The lowest BCUT2D eigenvalue weighted by Crippen LogP contribution is -2.21. The maximum atomic E-state index is 14.2. The zero-order valence-electron chi connectivity index (χ0n) is 12.7. The van der Waals surface area contributed by atoms with Crippen LogP contribution < -0.4 is 10.5 Å². The van der Waals surface area contributed by atoms with E-state index in [0.29, 0.717) is 30.7 Å². The molecule has 2 aliphatic rings. The van der Waals surface area contributed by atoms with E-state index in [4.69, 9.17) is 10.5 Å². The highest BCUT2D eigenvalue weighted by atomic mass is 19.1. The first-order valence-corrected chi connectivity index (χ1v) is 8.00. The summed E-state index contributed by atoms with van der Waals surface area (Å²) in [6.45, 7) is 2.34. The highest BCUT2D eigenvalue weighted by molar-refractivity contribution is 5.31. The molecule has 2 fully saturated rings. The smallest absolute Gasteiger partial charge is 0.165 e. The molecule has 1 saturated heterocycles. The number of halogens is 1. The molecule has 4 heteroatoms. The van der Waals surface area contributed by atoms with E-state index in [0.717, 1.165) is 18.5 Å². The minimum atomic E-state index is -0.239. The van der Waals surface area contributed by atoms with Crippen molar-refractivity contribution in [3.8, 4) is 5.75 Å². The van der Waals surface area contributed by atoms with Gasteiger partial charge in [0.1, 0.15) is 0 Å². The first-order chi connectivity index (χ1) is 10.2. The molecule has 3 rings (SSSR count). The van der Waals surface area contributed by atoms with Crippen molar-refractivity contribution < 1.29 is 9.13 Å². The minimum absolute atomic E-state index is 0.239. The Balaban J connectivity index is 1.65. The number of hydrogen-bond donors (Lipinski definition) is 1. The molecule has 1 aliphatic carbocycles. The maximum Gasteiger partial charge on any atom is 0.165 e. The molecule has 0 amide bonds. The van der Waals surface area contributed by atoms with Crippen LogP contribution in [0.4, 0.5) is 4.39 Å². The van der Waals surface area contributed by atoms with Crippen molar-refractivity contribution in [3.05, 3.63) is 29.6 Å². The Morgan fingerprint density at radius 2 is 2.14 bits per heavy atom. The fourth-order valence-electron chi connectivity index (χ4n) is 3.37. The molecule has 2 N–H and O–H groups in total. The van der Waals surface area contributed by atoms with Crippen LogP contribution >= 0.6 is 0 Å². The Hall–Kier alpha value is -1.13. The highest BCUT2D eigenvalue weighted by Crippen LogP contribution is 2.35. The fraction of sp³-hybridized carbons (Fsp3) is 0.647. The molecule has 1 heterocycles. The van der Waals surface area contributed by atoms with Gasteiger partial charge in [-0.1, -0.05) is 12.5 Å². The van der Waals surface area contributed by atoms with Gasteiger partial charge in [0.25, 0.3) is 0 Å². The van der Waals surface area contributed by atoms with Gasteiger partial charge >= 0.3 is 0 Å². The third-order valence-electron chi connectivity index (χ3n) is 5.01. The predicted octanol–water partition coefficient (Wildman–Crippen LogP) is 2.96. The molecule has 1 saturated carbocycles. The van der Waals surface area contributed by atoms with Crippen molar-refractivity contribution >= 4 is 0 Å². The zero-order valence-corrected chi connectivity index (χ0v) is 12.7. The van der Waals surface area contributed by atoms with E-state index in [1.54, 1.807) is 12.1 Å². The minimum Gasteiger partial charge on any atom is -0.490 e. The quantitative estimate of drug-likeness (QED) is 0.907. The standard InChI is InChI=1S/C17H25FN2O/c1-20-10-13(9-19)7-16(20)14-5-6-17(15(18)8-14)21-11-12-3-2-4-12/h5-6,8,12-13,16H,2-4,7,9-11,19H2,1H3. The van der Waals surface area contributed by atoms with E-state index < -0.39 is 0 Å². The second-order valence-corrected chi connectivity index (χ2v) is 6.59.